The maximum absolute atomic E-state index is 13.8. The predicted octanol–water partition coefficient (Wildman–Crippen LogP) is 18.3. The molecule has 3 aromatic heterocycles. The van der Waals surface area contributed by atoms with Crippen LogP contribution < -0.4 is 10.6 Å². The summed E-state index contributed by atoms with van der Waals surface area (Å²) in [7, 11) is 1.32. The van der Waals surface area contributed by atoms with Gasteiger partial charge in [-0.05, 0) is 198 Å². The van der Waals surface area contributed by atoms with E-state index in [-0.39, 0.29) is 65.9 Å². The molecule has 0 saturated carbocycles. The van der Waals surface area contributed by atoms with Crippen molar-refractivity contribution in [1.29, 1.82) is 0 Å². The smallest absolute Gasteiger partial charge is 0.439 e. The number of nitrogens with one attached hydrogen (secondary N) is 4. The van der Waals surface area contributed by atoms with Crippen LogP contribution in [0.2, 0.25) is 25.7 Å². The summed E-state index contributed by atoms with van der Waals surface area (Å²) in [5.74, 6) is 10.7. The number of hydrogen-bond donors (Lipinski definition) is 5. The van der Waals surface area contributed by atoms with E-state index in [9.17, 15) is 33.6 Å². The molecule has 121 heavy (non-hydrogen) atoms. The molecule has 29 heteroatoms. The number of carboxylic acids is 1. The number of aromatic nitrogens is 6. The molecule has 0 radical (unpaired) electrons. The van der Waals surface area contributed by atoms with E-state index in [1.807, 2.05) is 114 Å². The molecule has 4 fully saturated rings. The number of carbonyl (C=O) groups excluding carboxylic acids is 6. The molecule has 0 aliphatic carbocycles. The van der Waals surface area contributed by atoms with Crippen LogP contribution in [0.5, 0.6) is 0 Å². The van der Waals surface area contributed by atoms with Gasteiger partial charge in [-0.15, -0.1) is 6.42 Å². The lowest BCUT2D eigenvalue weighted by Crippen LogP contribution is -2.54. The summed E-state index contributed by atoms with van der Waals surface area (Å²) in [6.45, 7) is 36.0. The first-order valence-corrected chi connectivity index (χ1v) is 46.9. The number of halogens is 1. The van der Waals surface area contributed by atoms with Crippen LogP contribution in [0.4, 0.5) is 19.2 Å². The number of carbonyl (C=O) groups is 7. The van der Waals surface area contributed by atoms with Crippen molar-refractivity contribution in [2.45, 2.75) is 247 Å². The summed E-state index contributed by atoms with van der Waals surface area (Å²) in [6, 6.07) is 24.4. The van der Waals surface area contributed by atoms with Crippen molar-refractivity contribution in [2.75, 3.05) is 47.0 Å². The quantitative estimate of drug-likeness (QED) is 0.00992. The van der Waals surface area contributed by atoms with Crippen LogP contribution in [-0.2, 0) is 49.8 Å². The number of amides is 6. The molecule has 12 rings (SSSR count). The molecule has 5 N–H and O–H groups in total. The van der Waals surface area contributed by atoms with Gasteiger partial charge in [-0.2, -0.15) is 4.89 Å². The first kappa shape index (κ1) is 94.5. The van der Waals surface area contributed by atoms with E-state index in [0.29, 0.717) is 50.8 Å². The highest BCUT2D eigenvalue weighted by atomic mass is 79.9. The number of ether oxygens (including phenoxy) is 4. The molecule has 8 heterocycles. The Morgan fingerprint density at radius 3 is 1.77 bits per heavy atom. The first-order valence-electron chi connectivity index (χ1n) is 42.4. The number of methoxy groups -OCH3 is 1. The number of carboxylic acid groups (broad SMARTS) is 1. The minimum absolute atomic E-state index is 0.00657. The van der Waals surface area contributed by atoms with E-state index in [1.165, 1.54) is 25.0 Å². The first-order chi connectivity index (χ1) is 57.4. The van der Waals surface area contributed by atoms with Crippen LogP contribution >= 0.6 is 15.9 Å². The molecule has 0 spiro atoms. The normalized spacial score (nSPS) is 18.6. The number of aliphatic carboxylic acids is 1. The SMILES string of the molecule is C#Cc1cn(COCC[Si](C)(C)C)c([C@@H]2CCCN2C(=O)OC(C)(C)C)n1.CC(C)(C)OC(=O)N1CCC[C@H]1c1ncc(-c2ccc3cc(Br)ccc3c2)[nH]1.CC[C@H](C)[C@H](C)C(=O)N1CCC[C@H]1c1ncc(C#Cc2ccc3cc(C4=CN=C([C@@H]5CCCN5C(=O)[C@@H](NC(=O)OOC)[C@@H](C)CC)C4)ccc3c2)[nH]1.CC[C@H](C)[C@H](NC(=O)OC)C(=O)O. The maximum atomic E-state index is 13.8. The van der Waals surface area contributed by atoms with Gasteiger partial charge in [-0.25, -0.2) is 38.9 Å². The highest BCUT2D eigenvalue weighted by Gasteiger charge is 2.42. The number of allylic oxidation sites excluding steroid dienone is 1. The van der Waals surface area contributed by atoms with Crippen molar-refractivity contribution in [3.8, 4) is 35.4 Å². The van der Waals surface area contributed by atoms with E-state index in [2.05, 4.69) is 178 Å². The van der Waals surface area contributed by atoms with Gasteiger partial charge in [0.1, 0.15) is 58.9 Å². The maximum Gasteiger partial charge on any atom is 0.439 e. The molecule has 0 bridgehead atoms. The second-order valence-corrected chi connectivity index (χ2v) is 41.6. The summed E-state index contributed by atoms with van der Waals surface area (Å²) in [5, 5.41) is 18.3. The van der Waals surface area contributed by atoms with Gasteiger partial charge in [0.2, 0.25) is 11.8 Å². The molecule has 27 nitrogen and oxygen atoms in total. The number of nitrogens with zero attached hydrogens (tertiary/aromatic N) is 9. The van der Waals surface area contributed by atoms with Gasteiger partial charge in [0.05, 0.1) is 56.5 Å². The molecule has 4 saturated heterocycles. The molecule has 5 aliphatic rings. The van der Waals surface area contributed by atoms with Crippen molar-refractivity contribution in [2.24, 2.45) is 28.7 Å². The highest BCUT2D eigenvalue weighted by Crippen LogP contribution is 2.39. The van der Waals surface area contributed by atoms with Gasteiger partial charge >= 0.3 is 30.3 Å². The number of imidazole rings is 3. The van der Waals surface area contributed by atoms with Crippen LogP contribution in [-0.4, -0.2) is 186 Å². The zero-order valence-corrected chi connectivity index (χ0v) is 76.3. The Kier molecular flexibility index (Phi) is 33.5. The van der Waals surface area contributed by atoms with Crippen molar-refractivity contribution < 1.29 is 67.4 Å². The highest BCUT2D eigenvalue weighted by molar-refractivity contribution is 9.10. The molecule has 4 aromatic carbocycles. The lowest BCUT2D eigenvalue weighted by atomic mass is 9.92. The molecule has 7 aromatic rings. The van der Waals surface area contributed by atoms with E-state index < -0.39 is 49.5 Å². The molecule has 6 amide bonds. The van der Waals surface area contributed by atoms with Gasteiger partial charge < -0.3 is 59.0 Å². The van der Waals surface area contributed by atoms with Crippen LogP contribution in [0.3, 0.4) is 0 Å². The predicted molar refractivity (Wildman–Crippen MR) is 475 cm³/mol. The monoisotopic (exact) mass is 1740 g/mol. The van der Waals surface area contributed by atoms with Crippen LogP contribution in [0.25, 0.3) is 38.4 Å². The van der Waals surface area contributed by atoms with Crippen molar-refractivity contribution in [1.82, 2.24) is 59.7 Å². The Morgan fingerprint density at radius 2 is 1.17 bits per heavy atom. The summed E-state index contributed by atoms with van der Waals surface area (Å²) < 4.78 is 24.3. The number of aromatic amines is 2. The molecular weight excluding hydrogens is 1620 g/mol. The topological polar surface area (TPSA) is 320 Å². The second kappa shape index (κ2) is 42.9. The van der Waals surface area contributed by atoms with Gasteiger partial charge in [0.25, 0.3) is 0 Å². The third kappa shape index (κ3) is 26.1. The van der Waals surface area contributed by atoms with E-state index >= 15 is 0 Å². The number of likely N-dealkylation sites (tertiary alicyclic amines) is 4. The number of H-pyrrole nitrogens is 2. The van der Waals surface area contributed by atoms with Gasteiger partial charge in [-0.3, -0.25) is 29.3 Å². The van der Waals surface area contributed by atoms with E-state index in [0.717, 1.165) is 155 Å². The van der Waals surface area contributed by atoms with Crippen molar-refractivity contribution >= 4 is 99.0 Å². The Labute approximate surface area is 722 Å². The summed E-state index contributed by atoms with van der Waals surface area (Å²) in [4.78, 5) is 128. The second-order valence-electron chi connectivity index (χ2n) is 35.1. The zero-order valence-electron chi connectivity index (χ0n) is 73.7. The summed E-state index contributed by atoms with van der Waals surface area (Å²) >= 11 is 3.51. The number of rotatable bonds is 23. The third-order valence-corrected chi connectivity index (χ3v) is 24.9. The lowest BCUT2D eigenvalue weighted by Gasteiger charge is -2.31. The van der Waals surface area contributed by atoms with Crippen molar-refractivity contribution in [3.63, 3.8) is 0 Å². The number of hydrogen-bond acceptors (Lipinski definition) is 17. The van der Waals surface area contributed by atoms with Crippen LogP contribution in [0, 0.1) is 47.9 Å². The fourth-order valence-corrected chi connectivity index (χ4v) is 16.3. The third-order valence-electron chi connectivity index (χ3n) is 22.7. The molecular formula is C92H124BrN13O14Si. The number of alkyl carbamates (subject to hydrolysis) is 1. The molecule has 5 aliphatic heterocycles. The number of benzene rings is 4. The Balaban J connectivity index is 0.000000206. The molecule has 0 unspecified atom stereocenters. The fourth-order valence-electron chi connectivity index (χ4n) is 15.2. The minimum atomic E-state index is -1.14. The zero-order chi connectivity index (χ0) is 88.2. The Bertz CT molecular complexity index is 4940. The Morgan fingerprint density at radius 1 is 0.636 bits per heavy atom. The van der Waals surface area contributed by atoms with Gasteiger partial charge in [0, 0.05) is 86.9 Å². The number of aliphatic imine (C=N–C) groups is 1. The van der Waals surface area contributed by atoms with Gasteiger partial charge in [0.15, 0.2) is 0 Å². The summed E-state index contributed by atoms with van der Waals surface area (Å²) in [6.07, 6.45) is 21.1. The molecule has 10 atom stereocenters. The van der Waals surface area contributed by atoms with Crippen LogP contribution in [0.15, 0.2) is 107 Å². The Hall–Kier alpha value is -10.3. The average Bonchev–Trinajstić information content (AvgIpc) is 1.67. The van der Waals surface area contributed by atoms with E-state index in [1.54, 1.807) is 22.9 Å². The largest absolute Gasteiger partial charge is 0.480 e. The van der Waals surface area contributed by atoms with Crippen LogP contribution in [0.1, 0.15) is 225 Å². The fraction of sp³-hybridized carbons (Fsp3) is 0.533. The number of terminal acetylenes is 1. The minimum Gasteiger partial charge on any atom is -0.480 e. The number of fused-ring (bicyclic) bond motifs is 2. The molecule has 652 valence electrons. The lowest BCUT2D eigenvalue weighted by molar-refractivity contribution is -0.213. The standard InChI is InChI=1S/C42H52N6O5.C22H24BrN3O2.C20H33N3O3Si.C8H15NO4/c1-7-26(3)28(5)40(49)48-20-10-12-37(48)39-44-25-34(45-39)18-14-29-13-15-31-22-32(17-16-30(31)21-29)33-23-35(43-24-33)36-11-9-19-47(36)41(50)38(27(4)8-2)46-42(51)53-52-6;1-22(2,3)28-21(27)26-10-4-5-19(26)20-24-13-18(25-20)16-7-6-15-12-17(23)9-8-14(15)11-16;1-8-16-14-22(15-25-12-13-27(5,6)7)18(21-16)17-10-9-11-23(17)19(24)26-20(2,3)4;1-4-5(2)6(7(10)11)9-8(12)13-3/h13,15-17,21-22,24-28,36-38H,7-12,19-20,23H2,1-6H3,(H,44,45)(H,46,51);6-9,11-13,19H,4-5,10H2,1-3H3,(H,24,25);1,14,17H,9-13,15H2,2-7H3;5-6H,4H2,1-3H3,(H,9,12)(H,10,11)/t26-,27-,28-,36-,37-,38-;19-;17-;5-,6-/m0000/s1. The van der Waals surface area contributed by atoms with Gasteiger partial charge in [-0.1, -0.05) is 146 Å². The average molecular weight is 1740 g/mol. The van der Waals surface area contributed by atoms with E-state index in [4.69, 9.17) is 30.7 Å². The van der Waals surface area contributed by atoms with Crippen molar-refractivity contribution in [3.05, 3.63) is 142 Å². The summed E-state index contributed by atoms with van der Waals surface area (Å²) in [5.41, 5.74) is 6.38.